The van der Waals surface area contributed by atoms with Crippen molar-refractivity contribution in [1.29, 1.82) is 0 Å². The Morgan fingerprint density at radius 3 is 2.83 bits per heavy atom. The van der Waals surface area contributed by atoms with Crippen LogP contribution in [0.5, 0.6) is 0 Å². The Labute approximate surface area is 107 Å². The van der Waals surface area contributed by atoms with E-state index in [1.54, 1.807) is 11.8 Å². The first-order chi connectivity index (χ1) is 8.63. The van der Waals surface area contributed by atoms with Gasteiger partial charge in [-0.1, -0.05) is 18.2 Å². The molecule has 0 aromatic heterocycles. The monoisotopic (exact) mass is 247 g/mol. The molecule has 0 bridgehead atoms. The lowest BCUT2D eigenvalue weighted by Gasteiger charge is -2.18. The number of hydrogen-bond donors (Lipinski definition) is 0. The first kappa shape index (κ1) is 12.6. The summed E-state index contributed by atoms with van der Waals surface area (Å²) in [7, 11) is 0. The highest BCUT2D eigenvalue weighted by Gasteiger charge is 2.36. The lowest BCUT2D eigenvalue weighted by Crippen LogP contribution is -2.27. The van der Waals surface area contributed by atoms with Crippen LogP contribution >= 0.6 is 0 Å². The van der Waals surface area contributed by atoms with Gasteiger partial charge in [0, 0.05) is 18.7 Å². The second-order valence-electron chi connectivity index (χ2n) is 4.44. The van der Waals surface area contributed by atoms with Gasteiger partial charge < -0.3 is 9.64 Å². The third-order valence-electron chi connectivity index (χ3n) is 3.15. The number of anilines is 1. The van der Waals surface area contributed by atoms with Crippen LogP contribution in [-0.2, 0) is 14.3 Å². The van der Waals surface area contributed by atoms with E-state index in [1.807, 2.05) is 31.2 Å². The van der Waals surface area contributed by atoms with Crippen LogP contribution in [0.15, 0.2) is 24.3 Å². The van der Waals surface area contributed by atoms with Gasteiger partial charge in [-0.15, -0.1) is 0 Å². The second kappa shape index (κ2) is 5.21. The van der Waals surface area contributed by atoms with E-state index < -0.39 is 0 Å². The minimum atomic E-state index is -0.336. The Kier molecular flexibility index (Phi) is 3.65. The number of rotatable bonds is 3. The second-order valence-corrected chi connectivity index (χ2v) is 4.44. The first-order valence-electron chi connectivity index (χ1n) is 6.16. The molecule has 0 spiro atoms. The number of esters is 1. The zero-order chi connectivity index (χ0) is 13.1. The molecule has 4 heteroatoms. The summed E-state index contributed by atoms with van der Waals surface area (Å²) in [5, 5.41) is 0. The van der Waals surface area contributed by atoms with Gasteiger partial charge in [-0.2, -0.15) is 0 Å². The fourth-order valence-electron chi connectivity index (χ4n) is 2.22. The molecule has 1 saturated heterocycles. The van der Waals surface area contributed by atoms with Crippen LogP contribution in [0.3, 0.4) is 0 Å². The Bertz CT molecular complexity index is 470. The van der Waals surface area contributed by atoms with Crippen LogP contribution in [-0.4, -0.2) is 25.0 Å². The van der Waals surface area contributed by atoms with Crippen LogP contribution in [0.2, 0.25) is 0 Å². The predicted molar refractivity (Wildman–Crippen MR) is 68.3 cm³/mol. The summed E-state index contributed by atoms with van der Waals surface area (Å²) < 4.78 is 4.97. The molecule has 1 heterocycles. The molecule has 0 radical (unpaired) electrons. The number of ether oxygens (including phenoxy) is 1. The highest BCUT2D eigenvalue weighted by molar-refractivity contribution is 5.99. The number of benzene rings is 1. The zero-order valence-electron chi connectivity index (χ0n) is 10.7. The topological polar surface area (TPSA) is 46.6 Å². The van der Waals surface area contributed by atoms with Gasteiger partial charge in [0.2, 0.25) is 5.91 Å². The largest absolute Gasteiger partial charge is 0.466 e. The third kappa shape index (κ3) is 2.37. The molecule has 1 aliphatic heterocycles. The molecular formula is C14H17NO3. The number of carbonyl (C=O) groups excluding carboxylic acids is 2. The predicted octanol–water partition coefficient (Wildman–Crippen LogP) is 1.91. The van der Waals surface area contributed by atoms with E-state index >= 15 is 0 Å². The van der Waals surface area contributed by atoms with E-state index in [2.05, 4.69) is 0 Å². The number of nitrogens with zero attached hydrogens (tertiary/aromatic N) is 1. The quantitative estimate of drug-likeness (QED) is 0.766. The van der Waals surface area contributed by atoms with Gasteiger partial charge in [-0.3, -0.25) is 9.59 Å². The summed E-state index contributed by atoms with van der Waals surface area (Å²) >= 11 is 0. The molecule has 1 aromatic rings. The van der Waals surface area contributed by atoms with Crippen molar-refractivity contribution in [3.05, 3.63) is 29.8 Å². The summed E-state index contributed by atoms with van der Waals surface area (Å²) in [6.07, 6.45) is 0.243. The molecule has 4 nitrogen and oxygen atoms in total. The smallest absolute Gasteiger partial charge is 0.311 e. The maximum Gasteiger partial charge on any atom is 0.311 e. The molecule has 1 fully saturated rings. The molecule has 0 aliphatic carbocycles. The zero-order valence-corrected chi connectivity index (χ0v) is 10.7. The molecule has 0 N–H and O–H groups in total. The van der Waals surface area contributed by atoms with Crippen molar-refractivity contribution in [1.82, 2.24) is 0 Å². The van der Waals surface area contributed by atoms with Crippen LogP contribution < -0.4 is 4.90 Å². The minimum Gasteiger partial charge on any atom is -0.466 e. The molecule has 1 atom stereocenters. The highest BCUT2D eigenvalue weighted by atomic mass is 16.5. The SMILES string of the molecule is CCOC(=O)[C@@H]1CC(=O)N(c2ccccc2C)C1. The van der Waals surface area contributed by atoms with E-state index in [1.165, 1.54) is 0 Å². The molecule has 1 aliphatic rings. The van der Waals surface area contributed by atoms with Gasteiger partial charge in [0.1, 0.15) is 0 Å². The highest BCUT2D eigenvalue weighted by Crippen LogP contribution is 2.28. The Hall–Kier alpha value is -1.84. The van der Waals surface area contributed by atoms with E-state index in [0.717, 1.165) is 11.3 Å². The maximum atomic E-state index is 12.0. The van der Waals surface area contributed by atoms with Crippen LogP contribution in [0.4, 0.5) is 5.69 Å². The van der Waals surface area contributed by atoms with Crippen molar-refractivity contribution in [2.45, 2.75) is 20.3 Å². The lowest BCUT2D eigenvalue weighted by atomic mass is 10.1. The van der Waals surface area contributed by atoms with Crippen molar-refractivity contribution in [3.63, 3.8) is 0 Å². The first-order valence-corrected chi connectivity index (χ1v) is 6.16. The molecule has 2 rings (SSSR count). The van der Waals surface area contributed by atoms with E-state index in [4.69, 9.17) is 4.74 Å². The van der Waals surface area contributed by atoms with Crippen molar-refractivity contribution >= 4 is 17.6 Å². The van der Waals surface area contributed by atoms with Crippen LogP contribution in [0, 0.1) is 12.8 Å². The summed E-state index contributed by atoms with van der Waals surface area (Å²) in [6, 6.07) is 7.69. The third-order valence-corrected chi connectivity index (χ3v) is 3.15. The Morgan fingerprint density at radius 1 is 1.44 bits per heavy atom. The number of hydrogen-bond acceptors (Lipinski definition) is 3. The van der Waals surface area contributed by atoms with E-state index in [0.29, 0.717) is 13.2 Å². The number of carbonyl (C=O) groups is 2. The molecule has 1 amide bonds. The molecule has 1 aromatic carbocycles. The maximum absolute atomic E-state index is 12.0. The van der Waals surface area contributed by atoms with E-state index in [-0.39, 0.29) is 24.2 Å². The van der Waals surface area contributed by atoms with Gasteiger partial charge in [-0.25, -0.2) is 0 Å². The summed E-state index contributed by atoms with van der Waals surface area (Å²) in [5.41, 5.74) is 1.92. The fraction of sp³-hybridized carbons (Fsp3) is 0.429. The molecular weight excluding hydrogens is 230 g/mol. The Morgan fingerprint density at radius 2 is 2.17 bits per heavy atom. The van der Waals surface area contributed by atoms with Crippen molar-refractivity contribution in [2.24, 2.45) is 5.92 Å². The van der Waals surface area contributed by atoms with Gasteiger partial charge in [0.15, 0.2) is 0 Å². The van der Waals surface area contributed by atoms with Gasteiger partial charge in [-0.05, 0) is 25.5 Å². The number of amides is 1. The molecule has 96 valence electrons. The van der Waals surface area contributed by atoms with Crippen molar-refractivity contribution in [3.8, 4) is 0 Å². The number of para-hydroxylation sites is 1. The summed E-state index contributed by atoms with van der Waals surface area (Å²) in [5.74, 6) is -0.624. The summed E-state index contributed by atoms with van der Waals surface area (Å²) in [6.45, 7) is 4.50. The molecule has 0 unspecified atom stereocenters. The van der Waals surface area contributed by atoms with Crippen LogP contribution in [0.25, 0.3) is 0 Å². The van der Waals surface area contributed by atoms with Crippen molar-refractivity contribution < 1.29 is 14.3 Å². The van der Waals surface area contributed by atoms with Crippen LogP contribution in [0.1, 0.15) is 18.9 Å². The average molecular weight is 247 g/mol. The van der Waals surface area contributed by atoms with Gasteiger partial charge in [0.05, 0.1) is 12.5 Å². The standard InChI is InChI=1S/C14H17NO3/c1-3-18-14(17)11-8-13(16)15(9-11)12-7-5-4-6-10(12)2/h4-7,11H,3,8-9H2,1-2H3/t11-/m1/s1. The Balaban J connectivity index is 2.15. The fourth-order valence-corrected chi connectivity index (χ4v) is 2.22. The summed E-state index contributed by atoms with van der Waals surface area (Å²) in [4.78, 5) is 25.3. The number of aryl methyl sites for hydroxylation is 1. The van der Waals surface area contributed by atoms with Gasteiger partial charge >= 0.3 is 5.97 Å². The van der Waals surface area contributed by atoms with Gasteiger partial charge in [0.25, 0.3) is 0 Å². The van der Waals surface area contributed by atoms with E-state index in [9.17, 15) is 9.59 Å². The average Bonchev–Trinajstić information content (AvgIpc) is 2.72. The lowest BCUT2D eigenvalue weighted by molar-refractivity contribution is -0.147. The molecule has 18 heavy (non-hydrogen) atoms. The molecule has 0 saturated carbocycles. The normalized spacial score (nSPS) is 19.1. The minimum absolute atomic E-state index is 0.0117. The van der Waals surface area contributed by atoms with Crippen molar-refractivity contribution in [2.75, 3.05) is 18.1 Å².